The number of rotatable bonds is 61. The molecule has 0 fully saturated rings. The van der Waals surface area contributed by atoms with Crippen LogP contribution in [0.15, 0.2) is 97.2 Å². The summed E-state index contributed by atoms with van der Waals surface area (Å²) in [5, 5.41) is 0. The van der Waals surface area contributed by atoms with E-state index in [2.05, 4.69) is 118 Å². The van der Waals surface area contributed by atoms with E-state index in [1.807, 2.05) is 0 Å². The summed E-state index contributed by atoms with van der Waals surface area (Å²) in [7, 11) is 0. The van der Waals surface area contributed by atoms with Crippen molar-refractivity contribution in [2.24, 2.45) is 0 Å². The lowest BCUT2D eigenvalue weighted by molar-refractivity contribution is -0.167. The molecule has 0 rings (SSSR count). The normalized spacial score (nSPS) is 12.7. The summed E-state index contributed by atoms with van der Waals surface area (Å²) >= 11 is 0. The molecule has 1 atom stereocenters. The van der Waals surface area contributed by atoms with Gasteiger partial charge in [-0.1, -0.05) is 285 Å². The molecule has 0 aromatic carbocycles. The van der Waals surface area contributed by atoms with Gasteiger partial charge in [0.05, 0.1) is 0 Å². The first-order valence-electron chi connectivity index (χ1n) is 33.7. The maximum Gasteiger partial charge on any atom is 0.306 e. The maximum atomic E-state index is 12.9. The van der Waals surface area contributed by atoms with Gasteiger partial charge in [-0.3, -0.25) is 14.4 Å². The quantitative estimate of drug-likeness (QED) is 0.0261. The van der Waals surface area contributed by atoms with Crippen LogP contribution in [0, 0.1) is 0 Å². The fourth-order valence-corrected chi connectivity index (χ4v) is 9.50. The topological polar surface area (TPSA) is 78.9 Å². The summed E-state index contributed by atoms with van der Waals surface area (Å²) in [6.45, 7) is 6.47. The van der Waals surface area contributed by atoms with Crippen LogP contribution in [0.2, 0.25) is 0 Å². The fraction of sp³-hybridized carbons (Fsp3) is 0.740. The van der Waals surface area contributed by atoms with Crippen molar-refractivity contribution in [3.63, 3.8) is 0 Å². The minimum atomic E-state index is -0.797. The molecule has 0 radical (unpaired) electrons. The highest BCUT2D eigenvalue weighted by molar-refractivity contribution is 5.71. The zero-order chi connectivity index (χ0) is 57.1. The first-order chi connectivity index (χ1) is 39.0. The lowest BCUT2D eigenvalue weighted by Crippen LogP contribution is -2.30. The smallest absolute Gasteiger partial charge is 0.306 e. The molecular weight excluding hydrogens is 973 g/mol. The summed E-state index contributed by atoms with van der Waals surface area (Å²) in [6, 6.07) is 0. The summed E-state index contributed by atoms with van der Waals surface area (Å²) in [5.74, 6) is -0.925. The van der Waals surface area contributed by atoms with Crippen LogP contribution in [-0.2, 0) is 28.6 Å². The number of allylic oxidation sites excluding steroid dienone is 16. The third-order valence-electron chi connectivity index (χ3n) is 14.5. The Bertz CT molecular complexity index is 1540. The summed E-state index contributed by atoms with van der Waals surface area (Å²) in [6.07, 6.45) is 90.1. The van der Waals surface area contributed by atoms with Gasteiger partial charge < -0.3 is 14.2 Å². The Balaban J connectivity index is 4.16. The number of carbonyl (C=O) groups excluding carboxylic acids is 3. The Morgan fingerprint density at radius 1 is 0.266 bits per heavy atom. The minimum absolute atomic E-state index is 0.0907. The number of hydrogen-bond acceptors (Lipinski definition) is 6. The molecule has 0 saturated heterocycles. The lowest BCUT2D eigenvalue weighted by atomic mass is 10.0. The average Bonchev–Trinajstić information content (AvgIpc) is 3.45. The second kappa shape index (κ2) is 66.8. The molecule has 0 bridgehead atoms. The summed E-state index contributed by atoms with van der Waals surface area (Å²) in [4.78, 5) is 38.3. The van der Waals surface area contributed by atoms with Crippen LogP contribution in [0.1, 0.15) is 329 Å². The van der Waals surface area contributed by atoms with Gasteiger partial charge in [0.1, 0.15) is 13.2 Å². The molecule has 0 aliphatic rings. The van der Waals surface area contributed by atoms with E-state index >= 15 is 0 Å². The highest BCUT2D eigenvalue weighted by Crippen LogP contribution is 2.17. The van der Waals surface area contributed by atoms with Gasteiger partial charge in [0.25, 0.3) is 0 Å². The van der Waals surface area contributed by atoms with Crippen molar-refractivity contribution in [2.45, 2.75) is 335 Å². The Labute approximate surface area is 489 Å². The number of carbonyl (C=O) groups is 3. The molecule has 79 heavy (non-hydrogen) atoms. The zero-order valence-corrected chi connectivity index (χ0v) is 52.1. The molecule has 6 nitrogen and oxygen atoms in total. The third-order valence-corrected chi connectivity index (χ3v) is 14.5. The Morgan fingerprint density at radius 2 is 0.494 bits per heavy atom. The molecule has 6 heteroatoms. The van der Waals surface area contributed by atoms with Crippen LogP contribution in [-0.4, -0.2) is 37.2 Å². The van der Waals surface area contributed by atoms with Gasteiger partial charge in [-0.2, -0.15) is 0 Å². The molecule has 0 aliphatic heterocycles. The van der Waals surface area contributed by atoms with Gasteiger partial charge in [-0.05, 0) is 122 Å². The highest BCUT2D eigenvalue weighted by Gasteiger charge is 2.19. The monoisotopic (exact) mass is 1100 g/mol. The van der Waals surface area contributed by atoms with Crippen molar-refractivity contribution in [3.8, 4) is 0 Å². The van der Waals surface area contributed by atoms with Crippen molar-refractivity contribution in [1.29, 1.82) is 0 Å². The Kier molecular flexibility index (Phi) is 63.7. The van der Waals surface area contributed by atoms with E-state index in [4.69, 9.17) is 14.2 Å². The standard InChI is InChI=1S/C73H126O6/c1-4-7-10-13-16-19-22-25-27-28-29-30-31-32-33-34-35-36-37-38-39-40-41-42-43-44-46-48-51-54-57-60-63-66-72(75)78-69-70(68-77-71(74)65-62-59-56-53-50-47-24-21-18-15-12-9-6-3)79-73(76)67-64-61-58-55-52-49-45-26-23-20-17-14-11-8-5-2/h9,12,17-18,20-22,25-26,28-29,31-32,45,47,50,70H,4-8,10-11,13-16,19,23-24,27,30,33-44,46,48-49,51-69H2,1-3H3/b12-9-,20-17-,21-18-,25-22-,29-28-,32-31-,45-26-,50-47-. The molecule has 0 saturated carbocycles. The largest absolute Gasteiger partial charge is 0.462 e. The van der Waals surface area contributed by atoms with Crippen molar-refractivity contribution in [3.05, 3.63) is 97.2 Å². The molecule has 0 aromatic heterocycles. The molecular formula is C73H126O6. The maximum absolute atomic E-state index is 12.9. The second-order valence-electron chi connectivity index (χ2n) is 22.3. The van der Waals surface area contributed by atoms with Gasteiger partial charge in [-0.25, -0.2) is 0 Å². The highest BCUT2D eigenvalue weighted by atomic mass is 16.6. The number of unbranched alkanes of at least 4 members (excludes halogenated alkanes) is 34. The Hall–Kier alpha value is -3.67. The van der Waals surface area contributed by atoms with Gasteiger partial charge in [0.15, 0.2) is 6.10 Å². The predicted molar refractivity (Wildman–Crippen MR) is 344 cm³/mol. The first kappa shape index (κ1) is 75.3. The van der Waals surface area contributed by atoms with Crippen molar-refractivity contribution in [1.82, 2.24) is 0 Å². The van der Waals surface area contributed by atoms with E-state index in [1.165, 1.54) is 167 Å². The predicted octanol–water partition coefficient (Wildman–Crippen LogP) is 23.2. The van der Waals surface area contributed by atoms with E-state index in [0.29, 0.717) is 19.3 Å². The molecule has 0 aromatic rings. The first-order valence-corrected chi connectivity index (χ1v) is 33.7. The van der Waals surface area contributed by atoms with Gasteiger partial charge in [-0.15, -0.1) is 0 Å². The van der Waals surface area contributed by atoms with Crippen LogP contribution in [0.5, 0.6) is 0 Å². The van der Waals surface area contributed by atoms with Crippen LogP contribution >= 0.6 is 0 Å². The minimum Gasteiger partial charge on any atom is -0.462 e. The molecule has 1 unspecified atom stereocenters. The fourth-order valence-electron chi connectivity index (χ4n) is 9.50. The van der Waals surface area contributed by atoms with E-state index in [9.17, 15) is 14.4 Å². The molecule has 0 aliphatic carbocycles. The zero-order valence-electron chi connectivity index (χ0n) is 52.1. The molecule has 0 heterocycles. The molecule has 0 N–H and O–H groups in total. The van der Waals surface area contributed by atoms with Crippen LogP contribution in [0.3, 0.4) is 0 Å². The summed E-state index contributed by atoms with van der Waals surface area (Å²) in [5.41, 5.74) is 0. The third kappa shape index (κ3) is 65.0. The van der Waals surface area contributed by atoms with Crippen molar-refractivity contribution >= 4 is 17.9 Å². The van der Waals surface area contributed by atoms with E-state index < -0.39 is 6.10 Å². The van der Waals surface area contributed by atoms with Gasteiger partial charge in [0, 0.05) is 19.3 Å². The summed E-state index contributed by atoms with van der Waals surface area (Å²) < 4.78 is 16.9. The van der Waals surface area contributed by atoms with Crippen LogP contribution < -0.4 is 0 Å². The Morgan fingerprint density at radius 3 is 0.810 bits per heavy atom. The number of hydrogen-bond donors (Lipinski definition) is 0. The molecule has 454 valence electrons. The number of esters is 3. The van der Waals surface area contributed by atoms with E-state index in [1.54, 1.807) is 0 Å². The molecule has 0 amide bonds. The average molecular weight is 1100 g/mol. The van der Waals surface area contributed by atoms with Crippen molar-refractivity contribution in [2.75, 3.05) is 13.2 Å². The van der Waals surface area contributed by atoms with Crippen LogP contribution in [0.4, 0.5) is 0 Å². The van der Waals surface area contributed by atoms with Crippen molar-refractivity contribution < 1.29 is 28.6 Å². The van der Waals surface area contributed by atoms with Gasteiger partial charge >= 0.3 is 17.9 Å². The lowest BCUT2D eigenvalue weighted by Gasteiger charge is -2.18. The van der Waals surface area contributed by atoms with Crippen LogP contribution in [0.25, 0.3) is 0 Å². The second-order valence-corrected chi connectivity index (χ2v) is 22.3. The van der Waals surface area contributed by atoms with E-state index in [-0.39, 0.29) is 31.1 Å². The SMILES string of the molecule is CC/C=C\C/C=C\C/C=C\CCCCCC(=O)OCC(COC(=O)CCCCCCCCCCCCCCCCCCCC/C=C\C/C=C\C/C=C\CCCCCCC)OC(=O)CCCCCCC/C=C\C/C=C\CCCCC. The molecule has 0 spiro atoms. The number of ether oxygens (including phenoxy) is 3. The van der Waals surface area contributed by atoms with Gasteiger partial charge in [0.2, 0.25) is 0 Å². The van der Waals surface area contributed by atoms with E-state index in [0.717, 1.165) is 122 Å².